The molecule has 2 aliphatic heterocycles. The number of nitrogens with zero attached hydrogens (tertiary/aromatic N) is 3. The molecule has 1 fully saturated rings. The molecule has 1 aromatic heterocycles. The van der Waals surface area contributed by atoms with E-state index in [1.807, 2.05) is 35.4 Å². The number of benzene rings is 2. The summed E-state index contributed by atoms with van der Waals surface area (Å²) >= 11 is 0. The first-order chi connectivity index (χ1) is 15.2. The number of morpholine rings is 1. The molecule has 158 valence electrons. The van der Waals surface area contributed by atoms with E-state index in [4.69, 9.17) is 10.5 Å². The number of aliphatic imine (C=N–C) groups is 1. The number of halogens is 1. The number of aromatic nitrogens is 1. The number of rotatable bonds is 3. The summed E-state index contributed by atoms with van der Waals surface area (Å²) in [7, 11) is 0. The summed E-state index contributed by atoms with van der Waals surface area (Å²) in [5.41, 5.74) is 8.51. The van der Waals surface area contributed by atoms with E-state index in [1.54, 1.807) is 18.2 Å². The molecule has 31 heavy (non-hydrogen) atoms. The number of carbonyl (C=O) groups excluding carboxylic acids is 1. The average Bonchev–Trinajstić information content (AvgIpc) is 3.21. The van der Waals surface area contributed by atoms with E-state index >= 15 is 0 Å². The van der Waals surface area contributed by atoms with Gasteiger partial charge < -0.3 is 15.4 Å². The van der Waals surface area contributed by atoms with Crippen molar-refractivity contribution in [2.75, 3.05) is 37.7 Å². The zero-order chi connectivity index (χ0) is 21.6. The lowest BCUT2D eigenvalue weighted by molar-refractivity contribution is -0.112. The minimum Gasteiger partial charge on any atom is -0.378 e. The predicted octanol–water partition coefficient (Wildman–Crippen LogP) is 3.22. The Hall–Kier alpha value is -3.42. The van der Waals surface area contributed by atoms with Gasteiger partial charge in [-0.15, -0.1) is 0 Å². The van der Waals surface area contributed by atoms with E-state index < -0.39 is 0 Å². The van der Waals surface area contributed by atoms with E-state index in [9.17, 15) is 9.18 Å². The number of ether oxygens (including phenoxy) is 1. The average molecular weight is 418 g/mol. The van der Waals surface area contributed by atoms with Gasteiger partial charge in [0.15, 0.2) is 0 Å². The molecule has 0 aliphatic carbocycles. The van der Waals surface area contributed by atoms with Crippen molar-refractivity contribution in [2.45, 2.75) is 0 Å². The van der Waals surface area contributed by atoms with Gasteiger partial charge in [-0.1, -0.05) is 30.3 Å². The van der Waals surface area contributed by atoms with Crippen LogP contribution in [0.3, 0.4) is 0 Å². The molecule has 2 N–H and O–H groups in total. The maximum absolute atomic E-state index is 14.3. The second-order valence-electron chi connectivity index (χ2n) is 7.13. The Morgan fingerprint density at radius 2 is 1.84 bits per heavy atom. The van der Waals surface area contributed by atoms with Gasteiger partial charge >= 0.3 is 0 Å². The van der Waals surface area contributed by atoms with Crippen molar-refractivity contribution in [3.63, 3.8) is 0 Å². The van der Waals surface area contributed by atoms with Crippen LogP contribution in [0.5, 0.6) is 0 Å². The Labute approximate surface area is 179 Å². The standard InChI is InChI=1S/C15H16FN3O2.C9H7N/c16-13-7-10(12-8-11(9-17)18-15(12)20)1-2-14(13)19-3-5-21-6-4-19;1-2-6-9-8(4-1)5-3-7-10-9/h1-2,7-8H,3-6,9,17H2;1-7H. The molecule has 0 spiro atoms. The number of carbonyl (C=O) groups is 1. The number of fused-ring (bicyclic) bond motifs is 1. The molecule has 3 heterocycles. The molecule has 0 radical (unpaired) electrons. The minimum absolute atomic E-state index is 0.198. The Kier molecular flexibility index (Phi) is 6.45. The SMILES string of the molecule is NCC1=NC(=O)C(c2ccc(N3CCOCC3)c(F)c2)=C1.c1ccc2ncccc2c1. The van der Waals surface area contributed by atoms with Gasteiger partial charge in [0, 0.05) is 31.2 Å². The lowest BCUT2D eigenvalue weighted by Gasteiger charge is -2.29. The van der Waals surface area contributed by atoms with Gasteiger partial charge in [-0.3, -0.25) is 9.78 Å². The molecule has 0 unspecified atom stereocenters. The van der Waals surface area contributed by atoms with Crippen LogP contribution >= 0.6 is 0 Å². The Morgan fingerprint density at radius 3 is 2.55 bits per heavy atom. The van der Waals surface area contributed by atoms with Crippen LogP contribution in [-0.2, 0) is 9.53 Å². The quantitative estimate of drug-likeness (QED) is 0.706. The molecule has 0 bridgehead atoms. The first-order valence-corrected chi connectivity index (χ1v) is 10.1. The molecule has 0 saturated carbocycles. The zero-order valence-corrected chi connectivity index (χ0v) is 17.0. The van der Waals surface area contributed by atoms with Gasteiger partial charge in [-0.05, 0) is 35.9 Å². The molecular weight excluding hydrogens is 395 g/mol. The number of hydrogen-bond donors (Lipinski definition) is 1. The predicted molar refractivity (Wildman–Crippen MR) is 121 cm³/mol. The normalized spacial score (nSPS) is 15.9. The van der Waals surface area contributed by atoms with Crippen LogP contribution in [-0.4, -0.2) is 49.5 Å². The molecule has 5 rings (SSSR count). The summed E-state index contributed by atoms with van der Waals surface area (Å²) in [5, 5.41) is 1.20. The van der Waals surface area contributed by atoms with E-state index in [-0.39, 0.29) is 18.3 Å². The van der Waals surface area contributed by atoms with Crippen molar-refractivity contribution in [1.82, 2.24) is 4.98 Å². The van der Waals surface area contributed by atoms with Crippen LogP contribution in [0.25, 0.3) is 16.5 Å². The fraction of sp³-hybridized carbons (Fsp3) is 0.208. The molecule has 3 aromatic rings. The Bertz CT molecular complexity index is 1090. The van der Waals surface area contributed by atoms with Gasteiger partial charge in [-0.25, -0.2) is 9.38 Å². The second-order valence-corrected chi connectivity index (χ2v) is 7.13. The minimum atomic E-state index is -0.367. The summed E-state index contributed by atoms with van der Waals surface area (Å²) in [6.45, 7) is 2.72. The fourth-order valence-electron chi connectivity index (χ4n) is 3.51. The van der Waals surface area contributed by atoms with Crippen LogP contribution in [0.15, 0.2) is 71.9 Å². The van der Waals surface area contributed by atoms with E-state index in [2.05, 4.69) is 22.1 Å². The van der Waals surface area contributed by atoms with Crippen LogP contribution in [0.4, 0.5) is 10.1 Å². The molecule has 6 nitrogen and oxygen atoms in total. The molecule has 2 aliphatic rings. The molecule has 0 atom stereocenters. The molecular formula is C24H23FN4O2. The number of amides is 1. The van der Waals surface area contributed by atoms with Gasteiger partial charge in [0.2, 0.25) is 0 Å². The van der Waals surface area contributed by atoms with Crippen LogP contribution in [0.1, 0.15) is 5.56 Å². The third kappa shape index (κ3) is 4.84. The van der Waals surface area contributed by atoms with Crippen molar-refractivity contribution in [2.24, 2.45) is 10.7 Å². The topological polar surface area (TPSA) is 80.8 Å². The lowest BCUT2D eigenvalue weighted by atomic mass is 10.0. The number of pyridine rings is 1. The van der Waals surface area contributed by atoms with Gasteiger partial charge in [-0.2, -0.15) is 0 Å². The van der Waals surface area contributed by atoms with Gasteiger partial charge in [0.25, 0.3) is 5.91 Å². The van der Waals surface area contributed by atoms with Gasteiger partial charge in [0.05, 0.1) is 35.7 Å². The highest BCUT2D eigenvalue weighted by molar-refractivity contribution is 6.33. The number of nitrogens with two attached hydrogens (primary N) is 1. The highest BCUT2D eigenvalue weighted by atomic mass is 19.1. The third-order valence-electron chi connectivity index (χ3n) is 5.12. The van der Waals surface area contributed by atoms with Crippen molar-refractivity contribution in [3.8, 4) is 0 Å². The monoisotopic (exact) mass is 418 g/mol. The van der Waals surface area contributed by atoms with E-state index in [0.717, 1.165) is 5.52 Å². The van der Waals surface area contributed by atoms with Crippen LogP contribution in [0, 0.1) is 5.82 Å². The summed E-state index contributed by atoms with van der Waals surface area (Å²) in [5.74, 6) is -0.710. The number of para-hydroxylation sites is 1. The van der Waals surface area contributed by atoms with Crippen molar-refractivity contribution in [3.05, 3.63) is 78.3 Å². The number of anilines is 1. The highest BCUT2D eigenvalue weighted by Crippen LogP contribution is 2.27. The second kappa shape index (κ2) is 9.59. The molecule has 1 amide bonds. The molecule has 2 aromatic carbocycles. The van der Waals surface area contributed by atoms with Crippen molar-refractivity contribution >= 4 is 33.8 Å². The van der Waals surface area contributed by atoms with Gasteiger partial charge in [0.1, 0.15) is 5.82 Å². The van der Waals surface area contributed by atoms with Crippen LogP contribution < -0.4 is 10.6 Å². The smallest absolute Gasteiger partial charge is 0.277 e. The lowest BCUT2D eigenvalue weighted by Crippen LogP contribution is -2.36. The first kappa shape index (κ1) is 20.8. The zero-order valence-electron chi connectivity index (χ0n) is 17.0. The van der Waals surface area contributed by atoms with Crippen molar-refractivity contribution in [1.29, 1.82) is 0 Å². The summed E-state index contributed by atoms with van der Waals surface area (Å²) in [6, 6.07) is 16.9. The summed E-state index contributed by atoms with van der Waals surface area (Å²) < 4.78 is 19.6. The maximum atomic E-state index is 14.3. The molecule has 1 saturated heterocycles. The van der Waals surface area contributed by atoms with E-state index in [1.165, 1.54) is 11.5 Å². The van der Waals surface area contributed by atoms with Crippen molar-refractivity contribution < 1.29 is 13.9 Å². The summed E-state index contributed by atoms with van der Waals surface area (Å²) in [6.07, 6.45) is 3.42. The molecule has 7 heteroatoms. The maximum Gasteiger partial charge on any atom is 0.277 e. The van der Waals surface area contributed by atoms with E-state index in [0.29, 0.717) is 48.8 Å². The first-order valence-electron chi connectivity index (χ1n) is 10.1. The Balaban J connectivity index is 0.000000192. The van der Waals surface area contributed by atoms with Crippen LogP contribution in [0.2, 0.25) is 0 Å². The Morgan fingerprint density at radius 1 is 1.06 bits per heavy atom. The number of hydrogen-bond acceptors (Lipinski definition) is 5. The highest BCUT2D eigenvalue weighted by Gasteiger charge is 2.21. The summed E-state index contributed by atoms with van der Waals surface area (Å²) in [4.78, 5) is 21.7. The third-order valence-corrected chi connectivity index (χ3v) is 5.12. The fourth-order valence-corrected chi connectivity index (χ4v) is 3.51. The largest absolute Gasteiger partial charge is 0.378 e.